The van der Waals surface area contributed by atoms with Gasteiger partial charge in [-0.1, -0.05) is 29.8 Å². The third-order valence-electron chi connectivity index (χ3n) is 3.76. The first-order valence-electron chi connectivity index (χ1n) is 7.80. The van der Waals surface area contributed by atoms with Crippen LogP contribution in [0, 0.1) is 6.92 Å². The standard InChI is InChI=1S/C17H25N3O/c1-5-14(11-15-12-20(6-2)19-18-15)16-10-13(4)8-9-17(16)21-7-3/h8-10,12,14H,5-7,11H2,1-4H3. The highest BCUT2D eigenvalue weighted by atomic mass is 16.5. The summed E-state index contributed by atoms with van der Waals surface area (Å²) in [6.07, 6.45) is 4.00. The first-order chi connectivity index (χ1) is 10.2. The summed E-state index contributed by atoms with van der Waals surface area (Å²) in [7, 11) is 0. The molecule has 0 spiro atoms. The van der Waals surface area contributed by atoms with E-state index in [1.807, 2.05) is 17.8 Å². The Hall–Kier alpha value is -1.84. The van der Waals surface area contributed by atoms with Crippen molar-refractivity contribution in [2.45, 2.75) is 53.0 Å². The van der Waals surface area contributed by atoms with Gasteiger partial charge >= 0.3 is 0 Å². The van der Waals surface area contributed by atoms with Gasteiger partial charge in [-0.25, -0.2) is 0 Å². The van der Waals surface area contributed by atoms with Crippen LogP contribution in [0.25, 0.3) is 0 Å². The van der Waals surface area contributed by atoms with E-state index in [2.05, 4.69) is 49.3 Å². The third-order valence-corrected chi connectivity index (χ3v) is 3.76. The van der Waals surface area contributed by atoms with Gasteiger partial charge in [0.1, 0.15) is 5.75 Å². The minimum absolute atomic E-state index is 0.411. The van der Waals surface area contributed by atoms with Crippen molar-refractivity contribution in [3.8, 4) is 5.75 Å². The second-order valence-corrected chi connectivity index (χ2v) is 5.35. The smallest absolute Gasteiger partial charge is 0.122 e. The van der Waals surface area contributed by atoms with Gasteiger partial charge in [0.25, 0.3) is 0 Å². The van der Waals surface area contributed by atoms with E-state index < -0.39 is 0 Å². The van der Waals surface area contributed by atoms with E-state index in [1.165, 1.54) is 11.1 Å². The van der Waals surface area contributed by atoms with Crippen molar-refractivity contribution in [1.82, 2.24) is 15.0 Å². The quantitative estimate of drug-likeness (QED) is 0.778. The fraction of sp³-hybridized carbons (Fsp3) is 0.529. The van der Waals surface area contributed by atoms with Gasteiger partial charge in [0.05, 0.1) is 12.3 Å². The molecule has 2 aromatic rings. The molecule has 4 nitrogen and oxygen atoms in total. The summed E-state index contributed by atoms with van der Waals surface area (Å²) in [5.41, 5.74) is 3.60. The Morgan fingerprint density at radius 3 is 2.67 bits per heavy atom. The average Bonchev–Trinajstić information content (AvgIpc) is 2.94. The molecular formula is C17H25N3O. The van der Waals surface area contributed by atoms with E-state index in [0.717, 1.165) is 30.8 Å². The average molecular weight is 287 g/mol. The molecule has 0 bridgehead atoms. The fourth-order valence-corrected chi connectivity index (χ4v) is 2.59. The highest BCUT2D eigenvalue weighted by molar-refractivity contribution is 5.40. The molecule has 1 atom stereocenters. The monoisotopic (exact) mass is 287 g/mol. The van der Waals surface area contributed by atoms with Crippen LogP contribution in [0.15, 0.2) is 24.4 Å². The molecule has 0 saturated carbocycles. The zero-order valence-electron chi connectivity index (χ0n) is 13.5. The van der Waals surface area contributed by atoms with Gasteiger partial charge in [0.2, 0.25) is 0 Å². The number of benzene rings is 1. The van der Waals surface area contributed by atoms with E-state index in [-0.39, 0.29) is 0 Å². The van der Waals surface area contributed by atoms with E-state index in [9.17, 15) is 0 Å². The number of aromatic nitrogens is 3. The van der Waals surface area contributed by atoms with E-state index in [4.69, 9.17) is 4.74 Å². The van der Waals surface area contributed by atoms with E-state index >= 15 is 0 Å². The molecule has 21 heavy (non-hydrogen) atoms. The molecule has 0 aliphatic rings. The molecule has 4 heteroatoms. The van der Waals surface area contributed by atoms with Gasteiger partial charge in [0, 0.05) is 19.2 Å². The number of rotatable bonds is 7. The Labute approximate surface area is 127 Å². The van der Waals surface area contributed by atoms with Crippen molar-refractivity contribution in [2.24, 2.45) is 0 Å². The maximum absolute atomic E-state index is 5.80. The first-order valence-corrected chi connectivity index (χ1v) is 7.80. The van der Waals surface area contributed by atoms with Crippen LogP contribution in [0.4, 0.5) is 0 Å². The van der Waals surface area contributed by atoms with Crippen LogP contribution >= 0.6 is 0 Å². The van der Waals surface area contributed by atoms with Gasteiger partial charge in [0.15, 0.2) is 0 Å². The SMILES string of the molecule is CCOc1ccc(C)cc1C(CC)Cc1cn(CC)nn1. The number of ether oxygens (including phenoxy) is 1. The van der Waals surface area contributed by atoms with Crippen LogP contribution in [0.5, 0.6) is 5.75 Å². The number of hydrogen-bond acceptors (Lipinski definition) is 3. The van der Waals surface area contributed by atoms with Crippen molar-refractivity contribution in [3.63, 3.8) is 0 Å². The molecule has 0 aliphatic heterocycles. The summed E-state index contributed by atoms with van der Waals surface area (Å²) in [4.78, 5) is 0. The summed E-state index contributed by atoms with van der Waals surface area (Å²) < 4.78 is 7.67. The molecule has 0 amide bonds. The van der Waals surface area contributed by atoms with Gasteiger partial charge < -0.3 is 4.74 Å². The molecule has 0 N–H and O–H groups in total. The van der Waals surface area contributed by atoms with Gasteiger partial charge in [-0.2, -0.15) is 0 Å². The number of aryl methyl sites for hydroxylation is 2. The number of hydrogen-bond donors (Lipinski definition) is 0. The topological polar surface area (TPSA) is 39.9 Å². The van der Waals surface area contributed by atoms with Crippen LogP contribution in [-0.4, -0.2) is 21.6 Å². The lowest BCUT2D eigenvalue weighted by Gasteiger charge is -2.19. The lowest BCUT2D eigenvalue weighted by atomic mass is 9.90. The van der Waals surface area contributed by atoms with Crippen molar-refractivity contribution in [3.05, 3.63) is 41.2 Å². The number of nitrogens with zero attached hydrogens (tertiary/aromatic N) is 3. The Kier molecular flexibility index (Phi) is 5.37. The summed E-state index contributed by atoms with van der Waals surface area (Å²) >= 11 is 0. The zero-order valence-corrected chi connectivity index (χ0v) is 13.5. The predicted octanol–water partition coefficient (Wildman–Crippen LogP) is 3.74. The fourth-order valence-electron chi connectivity index (χ4n) is 2.59. The third kappa shape index (κ3) is 3.84. The Bertz CT molecular complexity index is 577. The Morgan fingerprint density at radius 1 is 1.24 bits per heavy atom. The molecule has 114 valence electrons. The maximum Gasteiger partial charge on any atom is 0.122 e. The molecule has 1 heterocycles. The van der Waals surface area contributed by atoms with Crippen molar-refractivity contribution < 1.29 is 4.74 Å². The molecular weight excluding hydrogens is 262 g/mol. The van der Waals surface area contributed by atoms with Crippen LogP contribution in [-0.2, 0) is 13.0 Å². The second-order valence-electron chi connectivity index (χ2n) is 5.35. The molecule has 0 saturated heterocycles. The summed E-state index contributed by atoms with van der Waals surface area (Å²) in [5, 5.41) is 8.40. The highest BCUT2D eigenvalue weighted by Crippen LogP contribution is 2.32. The Balaban J connectivity index is 2.25. The molecule has 1 aromatic heterocycles. The lowest BCUT2D eigenvalue weighted by Crippen LogP contribution is -2.06. The summed E-state index contributed by atoms with van der Waals surface area (Å²) in [5.74, 6) is 1.41. The van der Waals surface area contributed by atoms with E-state index in [1.54, 1.807) is 0 Å². The summed E-state index contributed by atoms with van der Waals surface area (Å²) in [6.45, 7) is 9.99. The first kappa shape index (κ1) is 15.5. The zero-order chi connectivity index (χ0) is 15.2. The van der Waals surface area contributed by atoms with Crippen molar-refractivity contribution >= 4 is 0 Å². The summed E-state index contributed by atoms with van der Waals surface area (Å²) in [6, 6.07) is 6.43. The molecule has 0 fully saturated rings. The largest absolute Gasteiger partial charge is 0.494 e. The second kappa shape index (κ2) is 7.25. The van der Waals surface area contributed by atoms with Gasteiger partial charge in [-0.05, 0) is 44.7 Å². The predicted molar refractivity (Wildman–Crippen MR) is 84.8 cm³/mol. The minimum atomic E-state index is 0.411. The van der Waals surface area contributed by atoms with Crippen LogP contribution in [0.3, 0.4) is 0 Å². The van der Waals surface area contributed by atoms with Crippen LogP contribution in [0.2, 0.25) is 0 Å². The normalized spacial score (nSPS) is 12.4. The molecule has 0 radical (unpaired) electrons. The van der Waals surface area contributed by atoms with Gasteiger partial charge in [-0.3, -0.25) is 4.68 Å². The van der Waals surface area contributed by atoms with Gasteiger partial charge in [-0.15, -0.1) is 5.10 Å². The van der Waals surface area contributed by atoms with Crippen LogP contribution in [0.1, 0.15) is 49.9 Å². The Morgan fingerprint density at radius 2 is 2.05 bits per heavy atom. The van der Waals surface area contributed by atoms with Crippen molar-refractivity contribution in [2.75, 3.05) is 6.61 Å². The minimum Gasteiger partial charge on any atom is -0.494 e. The molecule has 0 aliphatic carbocycles. The lowest BCUT2D eigenvalue weighted by molar-refractivity contribution is 0.333. The highest BCUT2D eigenvalue weighted by Gasteiger charge is 2.17. The maximum atomic E-state index is 5.80. The molecule has 1 unspecified atom stereocenters. The van der Waals surface area contributed by atoms with Crippen molar-refractivity contribution in [1.29, 1.82) is 0 Å². The molecule has 2 rings (SSSR count). The van der Waals surface area contributed by atoms with E-state index in [0.29, 0.717) is 12.5 Å². The van der Waals surface area contributed by atoms with Crippen LogP contribution < -0.4 is 4.74 Å². The molecule has 1 aromatic carbocycles.